The number of hydrogen-bond donors (Lipinski definition) is 0. The normalized spacial score (nSPS) is 23.4. The first kappa shape index (κ1) is 7.96. The molecule has 2 nitrogen and oxygen atoms in total. The average molecular weight is 149 g/mol. The summed E-state index contributed by atoms with van der Waals surface area (Å²) in [5, 5.41) is 0. The molecule has 0 N–H and O–H groups in total. The van der Waals surface area contributed by atoms with Crippen LogP contribution in [0.4, 0.5) is 0 Å². The highest BCUT2D eigenvalue weighted by Gasteiger charge is 2.01. The van der Waals surface area contributed by atoms with E-state index in [1.807, 2.05) is 18.2 Å². The molecule has 0 spiro atoms. The Morgan fingerprint density at radius 1 is 1.64 bits per heavy atom. The molecule has 2 heteroatoms. The van der Waals surface area contributed by atoms with Gasteiger partial charge in [0.05, 0.1) is 5.70 Å². The van der Waals surface area contributed by atoms with E-state index in [1.54, 1.807) is 0 Å². The lowest BCUT2D eigenvalue weighted by molar-refractivity contribution is 0.564. The van der Waals surface area contributed by atoms with Crippen LogP contribution in [0.25, 0.3) is 0 Å². The Morgan fingerprint density at radius 3 is 3.18 bits per heavy atom. The Morgan fingerprint density at radius 2 is 2.45 bits per heavy atom. The molecule has 0 saturated heterocycles. The molecule has 0 aromatic carbocycles. The molecule has 0 amide bonds. The number of isocyanates is 1. The highest BCUT2D eigenvalue weighted by molar-refractivity contribution is 5.39. The van der Waals surface area contributed by atoms with E-state index in [4.69, 9.17) is 0 Å². The molecule has 0 bridgehead atoms. The highest BCUT2D eigenvalue weighted by Crippen LogP contribution is 2.16. The maximum absolute atomic E-state index is 9.90. The molecular formula is C9H11NO. The second-order valence-corrected chi connectivity index (χ2v) is 2.81. The third kappa shape index (κ3) is 2.52. The summed E-state index contributed by atoms with van der Waals surface area (Å²) in [6.07, 6.45) is 9.48. The largest absolute Gasteiger partial charge is 0.240 e. The van der Waals surface area contributed by atoms with E-state index >= 15 is 0 Å². The fourth-order valence-corrected chi connectivity index (χ4v) is 1.04. The van der Waals surface area contributed by atoms with Crippen molar-refractivity contribution in [1.29, 1.82) is 0 Å². The molecular weight excluding hydrogens is 138 g/mol. The summed E-state index contributed by atoms with van der Waals surface area (Å²) in [5.41, 5.74) is 0.740. The van der Waals surface area contributed by atoms with Crippen molar-refractivity contribution in [3.05, 3.63) is 23.9 Å². The van der Waals surface area contributed by atoms with Crippen molar-refractivity contribution < 1.29 is 4.79 Å². The number of nitrogens with zero attached hydrogens (tertiary/aromatic N) is 1. The monoisotopic (exact) mass is 149 g/mol. The van der Waals surface area contributed by atoms with Crippen LogP contribution in [-0.4, -0.2) is 6.08 Å². The maximum Gasteiger partial charge on any atom is 0.240 e. The van der Waals surface area contributed by atoms with Crippen molar-refractivity contribution in [2.24, 2.45) is 10.9 Å². The van der Waals surface area contributed by atoms with Crippen LogP contribution in [0.2, 0.25) is 0 Å². The molecule has 0 aromatic rings. The second-order valence-electron chi connectivity index (χ2n) is 2.81. The Bertz CT molecular complexity index is 234. The first-order valence-electron chi connectivity index (χ1n) is 3.77. The van der Waals surface area contributed by atoms with Gasteiger partial charge >= 0.3 is 0 Å². The van der Waals surface area contributed by atoms with Crippen molar-refractivity contribution in [2.75, 3.05) is 0 Å². The fourth-order valence-electron chi connectivity index (χ4n) is 1.04. The van der Waals surface area contributed by atoms with Crippen LogP contribution in [0.15, 0.2) is 28.9 Å². The summed E-state index contributed by atoms with van der Waals surface area (Å²) in [6, 6.07) is 0. The fraction of sp³-hybridized carbons (Fsp3) is 0.444. The zero-order chi connectivity index (χ0) is 8.10. The van der Waals surface area contributed by atoms with Gasteiger partial charge in [0.1, 0.15) is 0 Å². The molecule has 1 atom stereocenters. The minimum atomic E-state index is 0.658. The van der Waals surface area contributed by atoms with Crippen LogP contribution < -0.4 is 0 Å². The molecule has 0 aromatic heterocycles. The van der Waals surface area contributed by atoms with E-state index in [0.29, 0.717) is 5.92 Å². The van der Waals surface area contributed by atoms with Gasteiger partial charge < -0.3 is 0 Å². The van der Waals surface area contributed by atoms with E-state index in [0.717, 1.165) is 18.5 Å². The maximum atomic E-state index is 9.90. The van der Waals surface area contributed by atoms with Crippen LogP contribution in [0.5, 0.6) is 0 Å². The summed E-state index contributed by atoms with van der Waals surface area (Å²) < 4.78 is 0. The average Bonchev–Trinajstić information content (AvgIpc) is 2.17. The first-order chi connectivity index (χ1) is 5.33. The third-order valence-electron chi connectivity index (χ3n) is 1.73. The van der Waals surface area contributed by atoms with Crippen LogP contribution in [-0.2, 0) is 4.79 Å². The summed E-state index contributed by atoms with van der Waals surface area (Å²) in [4.78, 5) is 13.4. The Hall–Kier alpha value is -1.14. The van der Waals surface area contributed by atoms with Gasteiger partial charge in [-0.3, -0.25) is 0 Å². The molecule has 0 fully saturated rings. The summed E-state index contributed by atoms with van der Waals surface area (Å²) >= 11 is 0. The zero-order valence-corrected chi connectivity index (χ0v) is 6.58. The van der Waals surface area contributed by atoms with E-state index in [2.05, 4.69) is 11.9 Å². The molecule has 0 unspecified atom stereocenters. The van der Waals surface area contributed by atoms with Crippen molar-refractivity contribution in [3.63, 3.8) is 0 Å². The first-order valence-corrected chi connectivity index (χ1v) is 3.77. The number of hydrogen-bond acceptors (Lipinski definition) is 2. The molecule has 11 heavy (non-hydrogen) atoms. The standard InChI is InChI=1S/C9H11NO/c1-8-3-2-4-9(6-5-8)10-7-11/h2,4,6,8H,3,5H2,1H3/t8-/m0/s1. The smallest absolute Gasteiger partial charge is 0.211 e. The van der Waals surface area contributed by atoms with Gasteiger partial charge in [-0.25, -0.2) is 4.79 Å². The van der Waals surface area contributed by atoms with Gasteiger partial charge in [0.25, 0.3) is 0 Å². The number of rotatable bonds is 1. The van der Waals surface area contributed by atoms with Gasteiger partial charge in [-0.15, -0.1) is 0 Å². The zero-order valence-electron chi connectivity index (χ0n) is 6.58. The van der Waals surface area contributed by atoms with Crippen molar-refractivity contribution in [2.45, 2.75) is 19.8 Å². The number of allylic oxidation sites excluding steroid dienone is 3. The van der Waals surface area contributed by atoms with Crippen LogP contribution in [0.3, 0.4) is 0 Å². The molecule has 1 aliphatic carbocycles. The quantitative estimate of drug-likeness (QED) is 0.415. The Labute approximate surface area is 66.3 Å². The minimum Gasteiger partial charge on any atom is -0.211 e. The predicted octanol–water partition coefficient (Wildman–Crippen LogP) is 2.19. The topological polar surface area (TPSA) is 29.4 Å². The molecule has 1 rings (SSSR count). The van der Waals surface area contributed by atoms with Crippen LogP contribution in [0.1, 0.15) is 19.8 Å². The van der Waals surface area contributed by atoms with E-state index in [9.17, 15) is 4.79 Å². The molecule has 1 aliphatic rings. The van der Waals surface area contributed by atoms with Crippen molar-refractivity contribution >= 4 is 6.08 Å². The molecule has 0 radical (unpaired) electrons. The van der Waals surface area contributed by atoms with E-state index < -0.39 is 0 Å². The van der Waals surface area contributed by atoms with Gasteiger partial charge in [-0.05, 0) is 24.8 Å². The minimum absolute atomic E-state index is 0.658. The van der Waals surface area contributed by atoms with Gasteiger partial charge in [-0.2, -0.15) is 4.99 Å². The second kappa shape index (κ2) is 3.89. The van der Waals surface area contributed by atoms with E-state index in [1.165, 1.54) is 6.08 Å². The van der Waals surface area contributed by atoms with Crippen LogP contribution in [0, 0.1) is 5.92 Å². The highest BCUT2D eigenvalue weighted by atomic mass is 16.1. The lowest BCUT2D eigenvalue weighted by atomic mass is 10.1. The van der Waals surface area contributed by atoms with Gasteiger partial charge in [0, 0.05) is 0 Å². The van der Waals surface area contributed by atoms with E-state index in [-0.39, 0.29) is 0 Å². The van der Waals surface area contributed by atoms with Gasteiger partial charge in [-0.1, -0.05) is 19.1 Å². The van der Waals surface area contributed by atoms with Crippen molar-refractivity contribution in [1.82, 2.24) is 0 Å². The SMILES string of the molecule is C[C@H]1CC=CC(N=C=O)=CC1. The lowest BCUT2D eigenvalue weighted by Crippen LogP contribution is -1.87. The molecule has 0 saturated carbocycles. The summed E-state index contributed by atoms with van der Waals surface area (Å²) in [5.74, 6) is 0.658. The number of carbonyl (C=O) groups excluding carboxylic acids is 1. The molecule has 0 aliphatic heterocycles. The Kier molecular flexibility index (Phi) is 2.82. The van der Waals surface area contributed by atoms with Gasteiger partial charge in [0.2, 0.25) is 6.08 Å². The van der Waals surface area contributed by atoms with Crippen LogP contribution >= 0.6 is 0 Å². The predicted molar refractivity (Wildman–Crippen MR) is 43.7 cm³/mol. The lowest BCUT2D eigenvalue weighted by Gasteiger charge is -2.00. The molecule has 0 heterocycles. The summed E-state index contributed by atoms with van der Waals surface area (Å²) in [7, 11) is 0. The third-order valence-corrected chi connectivity index (χ3v) is 1.73. The van der Waals surface area contributed by atoms with Crippen molar-refractivity contribution in [3.8, 4) is 0 Å². The molecule has 58 valence electrons. The number of aliphatic imine (C=N–C) groups is 1. The summed E-state index contributed by atoms with van der Waals surface area (Å²) in [6.45, 7) is 2.18. The Balaban J connectivity index is 2.71. The van der Waals surface area contributed by atoms with Gasteiger partial charge in [0.15, 0.2) is 0 Å².